The van der Waals surface area contributed by atoms with Gasteiger partial charge in [0.2, 0.25) is 11.8 Å². The van der Waals surface area contributed by atoms with E-state index in [1.54, 1.807) is 16.2 Å². The zero-order valence-corrected chi connectivity index (χ0v) is 18.5. The molecule has 1 aromatic heterocycles. The number of aryl methyl sites for hydroxylation is 1. The summed E-state index contributed by atoms with van der Waals surface area (Å²) in [6.45, 7) is 9.44. The highest BCUT2D eigenvalue weighted by atomic mass is 32.1. The van der Waals surface area contributed by atoms with Gasteiger partial charge in [-0.2, -0.15) is 0 Å². The second kappa shape index (κ2) is 9.44. The maximum Gasteiger partial charge on any atom is 0.242 e. The minimum Gasteiger partial charge on any atom is -0.491 e. The number of hydrogen-bond acceptors (Lipinski definition) is 4. The minimum absolute atomic E-state index is 0.0183. The standard InChI is InChI=1S/C23H30N2O3S/c1-16(2)13-24(18(4)26)14-23(27)25-11-9-22-20(10-12-29-22)21(25)15-28-19-7-5-17(3)6-8-19/h5-8,10,12,16,21H,9,11,13-15H2,1-4H3/t21-/m1/s1. The number of fused-ring (bicyclic) bond motifs is 1. The van der Waals surface area contributed by atoms with Crippen LogP contribution in [0.5, 0.6) is 5.75 Å². The van der Waals surface area contributed by atoms with Crippen LogP contribution in [0.4, 0.5) is 0 Å². The van der Waals surface area contributed by atoms with E-state index in [0.717, 1.165) is 12.2 Å². The van der Waals surface area contributed by atoms with Crippen molar-refractivity contribution in [1.82, 2.24) is 9.80 Å². The van der Waals surface area contributed by atoms with Crippen LogP contribution < -0.4 is 4.74 Å². The molecule has 0 aliphatic carbocycles. The smallest absolute Gasteiger partial charge is 0.242 e. The summed E-state index contributed by atoms with van der Waals surface area (Å²) < 4.78 is 6.05. The summed E-state index contributed by atoms with van der Waals surface area (Å²) in [6.07, 6.45) is 0.851. The Hall–Kier alpha value is -2.34. The van der Waals surface area contributed by atoms with Crippen LogP contribution in [0.25, 0.3) is 0 Å². The maximum atomic E-state index is 13.2. The molecule has 0 N–H and O–H groups in total. The van der Waals surface area contributed by atoms with E-state index < -0.39 is 0 Å². The number of ether oxygens (including phenoxy) is 1. The first kappa shape index (κ1) is 21.4. The molecule has 156 valence electrons. The van der Waals surface area contributed by atoms with Crippen molar-refractivity contribution >= 4 is 23.2 Å². The number of carbonyl (C=O) groups excluding carboxylic acids is 2. The van der Waals surface area contributed by atoms with Crippen molar-refractivity contribution < 1.29 is 14.3 Å². The Morgan fingerprint density at radius 2 is 1.97 bits per heavy atom. The van der Waals surface area contributed by atoms with Crippen LogP contribution >= 0.6 is 11.3 Å². The Morgan fingerprint density at radius 3 is 2.62 bits per heavy atom. The third-order valence-electron chi connectivity index (χ3n) is 5.20. The second-order valence-corrected chi connectivity index (χ2v) is 9.07. The van der Waals surface area contributed by atoms with Crippen molar-refractivity contribution in [3.05, 3.63) is 51.7 Å². The van der Waals surface area contributed by atoms with Gasteiger partial charge in [-0.15, -0.1) is 11.3 Å². The first-order valence-corrected chi connectivity index (χ1v) is 11.0. The molecule has 5 nitrogen and oxygen atoms in total. The van der Waals surface area contributed by atoms with E-state index in [0.29, 0.717) is 25.6 Å². The highest BCUT2D eigenvalue weighted by Crippen LogP contribution is 2.34. The number of benzene rings is 1. The molecule has 29 heavy (non-hydrogen) atoms. The molecule has 1 aromatic carbocycles. The summed E-state index contributed by atoms with van der Waals surface area (Å²) in [5, 5.41) is 2.08. The molecule has 2 aromatic rings. The highest BCUT2D eigenvalue weighted by molar-refractivity contribution is 7.10. The van der Waals surface area contributed by atoms with Gasteiger partial charge >= 0.3 is 0 Å². The molecule has 0 unspecified atom stereocenters. The number of rotatable bonds is 7. The monoisotopic (exact) mass is 414 g/mol. The van der Waals surface area contributed by atoms with E-state index in [-0.39, 0.29) is 24.4 Å². The molecule has 0 fully saturated rings. The fourth-order valence-electron chi connectivity index (χ4n) is 3.68. The fourth-order valence-corrected chi connectivity index (χ4v) is 4.61. The van der Waals surface area contributed by atoms with Gasteiger partial charge in [-0.1, -0.05) is 31.5 Å². The third-order valence-corrected chi connectivity index (χ3v) is 6.20. The molecule has 2 heterocycles. The molecule has 0 saturated carbocycles. The Labute approximate surface area is 177 Å². The van der Waals surface area contributed by atoms with Crippen LogP contribution in [0.3, 0.4) is 0 Å². The van der Waals surface area contributed by atoms with Crippen LogP contribution in [0, 0.1) is 12.8 Å². The largest absolute Gasteiger partial charge is 0.491 e. The van der Waals surface area contributed by atoms with E-state index in [1.165, 1.54) is 22.9 Å². The molecule has 0 saturated heterocycles. The number of amides is 2. The summed E-state index contributed by atoms with van der Waals surface area (Å²) in [5.74, 6) is 1.04. The zero-order chi connectivity index (χ0) is 21.0. The predicted octanol–water partition coefficient (Wildman–Crippen LogP) is 4.07. The molecule has 1 aliphatic rings. The number of thiophene rings is 1. The molecule has 3 rings (SSSR count). The lowest BCUT2D eigenvalue weighted by Crippen LogP contribution is -2.48. The van der Waals surface area contributed by atoms with Gasteiger partial charge in [0.1, 0.15) is 12.4 Å². The van der Waals surface area contributed by atoms with Crippen molar-refractivity contribution in [2.75, 3.05) is 26.2 Å². The Kier molecular flexibility index (Phi) is 6.96. The minimum atomic E-state index is -0.133. The highest BCUT2D eigenvalue weighted by Gasteiger charge is 2.33. The molecular weight excluding hydrogens is 384 g/mol. The van der Waals surface area contributed by atoms with Crippen molar-refractivity contribution in [3.8, 4) is 5.75 Å². The number of nitrogens with zero attached hydrogens (tertiary/aromatic N) is 2. The van der Waals surface area contributed by atoms with Crippen LogP contribution in [-0.4, -0.2) is 47.9 Å². The quantitative estimate of drug-likeness (QED) is 0.686. The normalized spacial score (nSPS) is 15.9. The first-order valence-electron chi connectivity index (χ1n) is 10.2. The molecule has 1 aliphatic heterocycles. The van der Waals surface area contributed by atoms with Gasteiger partial charge in [-0.25, -0.2) is 0 Å². The van der Waals surface area contributed by atoms with Gasteiger partial charge in [-0.3, -0.25) is 9.59 Å². The predicted molar refractivity (Wildman–Crippen MR) is 116 cm³/mol. The van der Waals surface area contributed by atoms with Crippen molar-refractivity contribution in [2.45, 2.75) is 40.2 Å². The Morgan fingerprint density at radius 1 is 1.24 bits per heavy atom. The number of carbonyl (C=O) groups is 2. The molecule has 0 spiro atoms. The zero-order valence-electron chi connectivity index (χ0n) is 17.7. The average Bonchev–Trinajstić information content (AvgIpc) is 3.15. The van der Waals surface area contributed by atoms with Gasteiger partial charge in [0, 0.05) is 24.9 Å². The van der Waals surface area contributed by atoms with Gasteiger partial charge < -0.3 is 14.5 Å². The molecule has 1 atom stereocenters. The van der Waals surface area contributed by atoms with E-state index >= 15 is 0 Å². The van der Waals surface area contributed by atoms with E-state index in [9.17, 15) is 9.59 Å². The fraction of sp³-hybridized carbons (Fsp3) is 0.478. The lowest BCUT2D eigenvalue weighted by atomic mass is 10.0. The van der Waals surface area contributed by atoms with Gasteiger partial charge in [0.05, 0.1) is 12.6 Å². The Bertz CT molecular complexity index is 844. The average molecular weight is 415 g/mol. The van der Waals surface area contributed by atoms with Crippen LogP contribution in [0.15, 0.2) is 35.7 Å². The van der Waals surface area contributed by atoms with Crippen LogP contribution in [0.1, 0.15) is 42.8 Å². The summed E-state index contributed by atoms with van der Waals surface area (Å²) in [7, 11) is 0. The van der Waals surface area contributed by atoms with Crippen molar-refractivity contribution in [1.29, 1.82) is 0 Å². The molecule has 0 radical (unpaired) electrons. The van der Waals surface area contributed by atoms with E-state index in [4.69, 9.17) is 4.74 Å². The number of hydrogen-bond donors (Lipinski definition) is 0. The molecule has 2 amide bonds. The van der Waals surface area contributed by atoms with Crippen molar-refractivity contribution in [3.63, 3.8) is 0 Å². The third kappa shape index (κ3) is 5.38. The van der Waals surface area contributed by atoms with Gasteiger partial charge in [-0.05, 0) is 48.4 Å². The first-order chi connectivity index (χ1) is 13.8. The molecule has 0 bridgehead atoms. The van der Waals surface area contributed by atoms with Crippen molar-refractivity contribution in [2.24, 2.45) is 5.92 Å². The molecule has 6 heteroatoms. The summed E-state index contributed by atoms with van der Waals surface area (Å²) >= 11 is 1.74. The van der Waals surface area contributed by atoms with Gasteiger partial charge in [0.15, 0.2) is 0 Å². The summed E-state index contributed by atoms with van der Waals surface area (Å²) in [6, 6.07) is 9.92. The topological polar surface area (TPSA) is 49.9 Å². The summed E-state index contributed by atoms with van der Waals surface area (Å²) in [4.78, 5) is 30.0. The molecular formula is C23H30N2O3S. The second-order valence-electron chi connectivity index (χ2n) is 8.07. The lowest BCUT2D eigenvalue weighted by Gasteiger charge is -2.37. The summed E-state index contributed by atoms with van der Waals surface area (Å²) in [5.41, 5.74) is 2.35. The van der Waals surface area contributed by atoms with E-state index in [2.05, 4.69) is 25.3 Å². The lowest BCUT2D eigenvalue weighted by molar-refractivity contribution is -0.142. The SMILES string of the molecule is CC(=O)N(CC(=O)N1CCc2sccc2[C@H]1COc1ccc(C)cc1)CC(C)C. The maximum absolute atomic E-state index is 13.2. The van der Waals surface area contributed by atoms with E-state index in [1.807, 2.05) is 36.1 Å². The van der Waals surface area contributed by atoms with Crippen LogP contribution in [0.2, 0.25) is 0 Å². The van der Waals surface area contributed by atoms with Crippen LogP contribution in [-0.2, 0) is 16.0 Å². The van der Waals surface area contributed by atoms with Gasteiger partial charge in [0.25, 0.3) is 0 Å². The Balaban J connectivity index is 1.75.